The first-order valence-electron chi connectivity index (χ1n) is 11.8. The minimum Gasteiger partial charge on any atom is -0.472 e. The minimum atomic E-state index is -0.394. The van der Waals surface area contributed by atoms with E-state index in [0.717, 1.165) is 24.8 Å². The summed E-state index contributed by atoms with van der Waals surface area (Å²) in [6.07, 6.45) is 9.82. The molecule has 1 N–H and O–H groups in total. The number of hydrogen-bond donors (Lipinski definition) is 1. The molecule has 8 nitrogen and oxygen atoms in total. The highest BCUT2D eigenvalue weighted by molar-refractivity contribution is 5.97. The largest absolute Gasteiger partial charge is 0.472 e. The van der Waals surface area contributed by atoms with Crippen molar-refractivity contribution in [2.75, 3.05) is 26.7 Å². The number of hydrogen-bond acceptors (Lipinski definition) is 6. The van der Waals surface area contributed by atoms with Gasteiger partial charge in [0.05, 0.1) is 24.8 Å². The molecule has 1 aliphatic carbocycles. The summed E-state index contributed by atoms with van der Waals surface area (Å²) in [6.45, 7) is 4.39. The van der Waals surface area contributed by atoms with Gasteiger partial charge in [0.2, 0.25) is 5.88 Å². The standard InChI is InChI=1S/C26H32N4O4/c1-17-14-30(18(2)16-31)26(33)22-11-21(19-7-4-5-8-19)13-28-24(22)34-23(17)15-29(3)25(32)20-9-6-10-27-12-20/h6-7,9-13,17-18,23,31H,4-5,8,14-16H2,1-3H3/t17-,18+,23-/m0/s1. The molecule has 0 aromatic carbocycles. The van der Waals surface area contributed by atoms with Crippen LogP contribution in [0.15, 0.2) is 42.9 Å². The van der Waals surface area contributed by atoms with Gasteiger partial charge in [0.25, 0.3) is 11.8 Å². The van der Waals surface area contributed by atoms with Gasteiger partial charge in [-0.15, -0.1) is 0 Å². The van der Waals surface area contributed by atoms with Gasteiger partial charge in [-0.2, -0.15) is 0 Å². The maximum absolute atomic E-state index is 13.5. The molecule has 0 saturated carbocycles. The Morgan fingerprint density at radius 3 is 2.88 bits per heavy atom. The van der Waals surface area contributed by atoms with E-state index in [1.165, 1.54) is 5.57 Å². The third-order valence-corrected chi connectivity index (χ3v) is 6.64. The molecule has 2 amide bonds. The number of ether oxygens (including phenoxy) is 1. The molecule has 0 radical (unpaired) electrons. The number of carbonyl (C=O) groups is 2. The Morgan fingerprint density at radius 2 is 2.21 bits per heavy atom. The Bertz CT molecular complexity index is 1070. The quantitative estimate of drug-likeness (QED) is 0.706. The second kappa shape index (κ2) is 10.3. The summed E-state index contributed by atoms with van der Waals surface area (Å²) in [6, 6.07) is 4.96. The fraction of sp³-hybridized carbons (Fsp3) is 0.462. The molecule has 2 aliphatic rings. The topological polar surface area (TPSA) is 95.9 Å². The molecule has 4 rings (SSSR count). The van der Waals surface area contributed by atoms with Crippen LogP contribution in [-0.4, -0.2) is 75.6 Å². The summed E-state index contributed by atoms with van der Waals surface area (Å²) >= 11 is 0. The van der Waals surface area contributed by atoms with Crippen molar-refractivity contribution in [1.82, 2.24) is 19.8 Å². The summed E-state index contributed by atoms with van der Waals surface area (Å²) in [5.74, 6) is -0.190. The first-order chi connectivity index (χ1) is 16.4. The van der Waals surface area contributed by atoms with Gasteiger partial charge in [-0.25, -0.2) is 4.98 Å². The lowest BCUT2D eigenvalue weighted by molar-refractivity contribution is 0.0313. The number of nitrogens with zero attached hydrogens (tertiary/aromatic N) is 4. The zero-order chi connectivity index (χ0) is 24.2. The second-order valence-corrected chi connectivity index (χ2v) is 9.25. The molecule has 34 heavy (non-hydrogen) atoms. The number of allylic oxidation sites excluding steroid dienone is 2. The predicted octanol–water partition coefficient (Wildman–Crippen LogP) is 3.04. The van der Waals surface area contributed by atoms with Crippen molar-refractivity contribution in [3.05, 3.63) is 59.6 Å². The summed E-state index contributed by atoms with van der Waals surface area (Å²) in [7, 11) is 1.73. The zero-order valence-corrected chi connectivity index (χ0v) is 20.0. The molecule has 3 atom stereocenters. The van der Waals surface area contributed by atoms with Crippen LogP contribution in [0, 0.1) is 5.92 Å². The fourth-order valence-electron chi connectivity index (χ4n) is 4.49. The Morgan fingerprint density at radius 1 is 1.38 bits per heavy atom. The highest BCUT2D eigenvalue weighted by atomic mass is 16.5. The number of aliphatic hydroxyl groups excluding tert-OH is 1. The van der Waals surface area contributed by atoms with Crippen LogP contribution >= 0.6 is 0 Å². The van der Waals surface area contributed by atoms with Gasteiger partial charge < -0.3 is 19.6 Å². The first-order valence-corrected chi connectivity index (χ1v) is 11.8. The van der Waals surface area contributed by atoms with Crippen LogP contribution in [0.1, 0.15) is 59.4 Å². The number of rotatable bonds is 6. The van der Waals surface area contributed by atoms with Crippen LogP contribution in [0.25, 0.3) is 5.57 Å². The van der Waals surface area contributed by atoms with Crippen LogP contribution in [-0.2, 0) is 0 Å². The van der Waals surface area contributed by atoms with E-state index in [4.69, 9.17) is 4.74 Å². The van der Waals surface area contributed by atoms with Crippen molar-refractivity contribution in [2.45, 2.75) is 45.3 Å². The van der Waals surface area contributed by atoms with Gasteiger partial charge in [-0.1, -0.05) is 13.0 Å². The monoisotopic (exact) mass is 464 g/mol. The highest BCUT2D eigenvalue weighted by Crippen LogP contribution is 2.32. The summed E-state index contributed by atoms with van der Waals surface area (Å²) in [5.41, 5.74) is 3.02. The first kappa shape index (κ1) is 23.9. The Labute approximate surface area is 200 Å². The smallest absolute Gasteiger partial charge is 0.259 e. The maximum Gasteiger partial charge on any atom is 0.259 e. The molecule has 0 saturated heterocycles. The predicted molar refractivity (Wildman–Crippen MR) is 128 cm³/mol. The van der Waals surface area contributed by atoms with Gasteiger partial charge in [0, 0.05) is 38.1 Å². The molecule has 8 heteroatoms. The van der Waals surface area contributed by atoms with Crippen LogP contribution in [0.3, 0.4) is 0 Å². The van der Waals surface area contributed by atoms with Gasteiger partial charge in [-0.3, -0.25) is 14.6 Å². The van der Waals surface area contributed by atoms with Crippen molar-refractivity contribution >= 4 is 17.4 Å². The third-order valence-electron chi connectivity index (χ3n) is 6.64. The number of aromatic nitrogens is 2. The normalized spacial score (nSPS) is 21.1. The van der Waals surface area contributed by atoms with E-state index in [1.807, 2.05) is 19.9 Å². The van der Waals surface area contributed by atoms with Crippen molar-refractivity contribution in [2.24, 2.45) is 5.92 Å². The summed E-state index contributed by atoms with van der Waals surface area (Å²) < 4.78 is 6.31. The van der Waals surface area contributed by atoms with E-state index in [-0.39, 0.29) is 36.3 Å². The molecule has 2 aromatic heterocycles. The van der Waals surface area contributed by atoms with Gasteiger partial charge in [-0.05, 0) is 55.5 Å². The van der Waals surface area contributed by atoms with Gasteiger partial charge in [0.1, 0.15) is 11.7 Å². The van der Waals surface area contributed by atoms with Crippen LogP contribution in [0.2, 0.25) is 0 Å². The molecule has 2 aromatic rings. The number of aliphatic hydroxyl groups is 1. The average molecular weight is 465 g/mol. The van der Waals surface area contributed by atoms with Crippen LogP contribution in [0.4, 0.5) is 0 Å². The Hall–Kier alpha value is -3.26. The van der Waals surface area contributed by atoms with E-state index in [9.17, 15) is 14.7 Å². The number of fused-ring (bicyclic) bond motifs is 1. The van der Waals surface area contributed by atoms with Crippen molar-refractivity contribution in [3.8, 4) is 5.88 Å². The molecule has 0 bridgehead atoms. The summed E-state index contributed by atoms with van der Waals surface area (Å²) in [5, 5.41) is 9.83. The molecule has 3 heterocycles. The van der Waals surface area contributed by atoms with Crippen molar-refractivity contribution < 1.29 is 19.4 Å². The molecule has 0 fully saturated rings. The number of likely N-dealkylation sites (N-methyl/N-ethyl adjacent to an activating group) is 1. The molecule has 180 valence electrons. The minimum absolute atomic E-state index is 0.103. The molecule has 1 aliphatic heterocycles. The average Bonchev–Trinajstić information content (AvgIpc) is 3.40. The highest BCUT2D eigenvalue weighted by Gasteiger charge is 2.35. The van der Waals surface area contributed by atoms with Gasteiger partial charge in [0.15, 0.2) is 0 Å². The Balaban J connectivity index is 1.65. The van der Waals surface area contributed by atoms with Gasteiger partial charge >= 0.3 is 0 Å². The number of carbonyl (C=O) groups excluding carboxylic acids is 2. The molecule has 0 spiro atoms. The van der Waals surface area contributed by atoms with Crippen molar-refractivity contribution in [1.29, 1.82) is 0 Å². The molecular weight excluding hydrogens is 432 g/mol. The summed E-state index contributed by atoms with van der Waals surface area (Å²) in [4.78, 5) is 38.3. The van der Waals surface area contributed by atoms with E-state index in [0.29, 0.717) is 24.2 Å². The lowest BCUT2D eigenvalue weighted by Crippen LogP contribution is -2.50. The Kier molecular flexibility index (Phi) is 7.26. The maximum atomic E-state index is 13.5. The second-order valence-electron chi connectivity index (χ2n) is 9.25. The number of amides is 2. The lowest BCUT2D eigenvalue weighted by atomic mass is 9.99. The van der Waals surface area contributed by atoms with Crippen molar-refractivity contribution in [3.63, 3.8) is 0 Å². The van der Waals surface area contributed by atoms with E-state index >= 15 is 0 Å². The van der Waals surface area contributed by atoms with E-state index in [2.05, 4.69) is 16.0 Å². The number of pyridine rings is 2. The molecule has 0 unspecified atom stereocenters. The van der Waals surface area contributed by atoms with Crippen LogP contribution < -0.4 is 4.74 Å². The van der Waals surface area contributed by atoms with E-state index in [1.54, 1.807) is 47.6 Å². The van der Waals surface area contributed by atoms with Crippen LogP contribution in [0.5, 0.6) is 5.88 Å². The lowest BCUT2D eigenvalue weighted by Gasteiger charge is -2.37. The third kappa shape index (κ3) is 4.97. The van der Waals surface area contributed by atoms with E-state index < -0.39 is 6.10 Å². The SMILES string of the molecule is C[C@H](CO)N1C[C@H](C)[C@H](CN(C)C(=O)c2cccnc2)Oc2ncc(C3=CCCC3)cc2C1=O. The zero-order valence-electron chi connectivity index (χ0n) is 20.0. The molecular formula is C26H32N4O4. The fourth-order valence-corrected chi connectivity index (χ4v) is 4.49.